The van der Waals surface area contributed by atoms with Crippen molar-refractivity contribution in [3.8, 4) is 0 Å². The van der Waals surface area contributed by atoms with E-state index in [0.29, 0.717) is 25.7 Å². The van der Waals surface area contributed by atoms with Gasteiger partial charge < -0.3 is 20.5 Å². The Labute approximate surface area is 116 Å². The number of hydrogen-bond acceptors (Lipinski definition) is 3. The summed E-state index contributed by atoms with van der Waals surface area (Å²) in [6, 6.07) is -0.0830. The number of urea groups is 1. The smallest absolute Gasteiger partial charge is 0.314 e. The molecule has 2 amide bonds. The van der Waals surface area contributed by atoms with Gasteiger partial charge in [0, 0.05) is 19.7 Å². The Bertz CT molecular complexity index is 249. The van der Waals surface area contributed by atoms with Gasteiger partial charge in [0.2, 0.25) is 0 Å². The minimum Gasteiger partial charge on any atom is -0.394 e. The average Bonchev–Trinajstić information content (AvgIpc) is 2.40. The number of aliphatic hydroxyl groups is 1. The second-order valence-corrected chi connectivity index (χ2v) is 5.46. The molecule has 2 atom stereocenters. The van der Waals surface area contributed by atoms with Crippen molar-refractivity contribution in [2.24, 2.45) is 11.8 Å². The number of ether oxygens (including phenoxy) is 1. The quantitative estimate of drug-likeness (QED) is 0.587. The summed E-state index contributed by atoms with van der Waals surface area (Å²) in [6.45, 7) is 4.68. The molecule has 0 aliphatic heterocycles. The lowest BCUT2D eigenvalue weighted by Gasteiger charge is -2.26. The van der Waals surface area contributed by atoms with Crippen molar-refractivity contribution in [1.29, 1.82) is 0 Å². The fourth-order valence-corrected chi connectivity index (χ4v) is 2.59. The summed E-state index contributed by atoms with van der Waals surface area (Å²) in [7, 11) is 0. The Morgan fingerprint density at radius 3 is 2.89 bits per heavy atom. The zero-order valence-corrected chi connectivity index (χ0v) is 12.0. The molecule has 1 rings (SSSR count). The van der Waals surface area contributed by atoms with Gasteiger partial charge >= 0.3 is 6.03 Å². The molecular formula is C14H28N2O3. The van der Waals surface area contributed by atoms with Gasteiger partial charge in [0.25, 0.3) is 0 Å². The molecule has 3 N–H and O–H groups in total. The van der Waals surface area contributed by atoms with Gasteiger partial charge in [-0.05, 0) is 31.1 Å². The molecule has 0 bridgehead atoms. The van der Waals surface area contributed by atoms with Gasteiger partial charge in [-0.15, -0.1) is 0 Å². The maximum absolute atomic E-state index is 11.6. The van der Waals surface area contributed by atoms with Crippen molar-refractivity contribution >= 4 is 6.03 Å². The highest BCUT2D eigenvalue weighted by molar-refractivity contribution is 5.73. The van der Waals surface area contributed by atoms with E-state index < -0.39 is 0 Å². The van der Waals surface area contributed by atoms with Crippen LogP contribution in [0, 0.1) is 11.8 Å². The molecule has 1 fully saturated rings. The van der Waals surface area contributed by atoms with Crippen LogP contribution in [0.1, 0.15) is 39.0 Å². The third-order valence-corrected chi connectivity index (χ3v) is 3.58. The van der Waals surface area contributed by atoms with E-state index in [1.165, 1.54) is 25.7 Å². The van der Waals surface area contributed by atoms with Crippen molar-refractivity contribution in [3.05, 3.63) is 0 Å². The fourth-order valence-electron chi connectivity index (χ4n) is 2.59. The summed E-state index contributed by atoms with van der Waals surface area (Å²) >= 11 is 0. The standard InChI is InChI=1S/C14H28N2O3/c1-12-4-2-5-13(10-12)11-16-14(18)15-6-3-8-19-9-7-17/h12-13,17H,2-11H2,1H3,(H2,15,16,18). The highest BCUT2D eigenvalue weighted by Crippen LogP contribution is 2.27. The molecule has 1 saturated carbocycles. The summed E-state index contributed by atoms with van der Waals surface area (Å²) < 4.78 is 5.11. The van der Waals surface area contributed by atoms with E-state index in [1.54, 1.807) is 0 Å². The van der Waals surface area contributed by atoms with Gasteiger partial charge in [0.15, 0.2) is 0 Å². The third-order valence-electron chi connectivity index (χ3n) is 3.58. The van der Waals surface area contributed by atoms with Crippen molar-refractivity contribution in [3.63, 3.8) is 0 Å². The molecule has 0 aromatic heterocycles. The first-order chi connectivity index (χ1) is 9.22. The van der Waals surface area contributed by atoms with Crippen LogP contribution >= 0.6 is 0 Å². The molecule has 5 heteroatoms. The van der Waals surface area contributed by atoms with E-state index in [9.17, 15) is 4.79 Å². The summed E-state index contributed by atoms with van der Waals surface area (Å²) in [5.74, 6) is 1.44. The van der Waals surface area contributed by atoms with Gasteiger partial charge in [-0.2, -0.15) is 0 Å². The molecular weight excluding hydrogens is 244 g/mol. The highest BCUT2D eigenvalue weighted by Gasteiger charge is 2.18. The molecule has 2 unspecified atom stereocenters. The van der Waals surface area contributed by atoms with Crippen LogP contribution in [0.3, 0.4) is 0 Å². The third kappa shape index (κ3) is 8.06. The highest BCUT2D eigenvalue weighted by atomic mass is 16.5. The first kappa shape index (κ1) is 16.2. The predicted molar refractivity (Wildman–Crippen MR) is 75.0 cm³/mol. The van der Waals surface area contributed by atoms with Crippen molar-refractivity contribution in [2.75, 3.05) is 32.9 Å². The van der Waals surface area contributed by atoms with Crippen molar-refractivity contribution < 1.29 is 14.6 Å². The lowest BCUT2D eigenvalue weighted by molar-refractivity contribution is 0.0909. The molecule has 1 aliphatic carbocycles. The van der Waals surface area contributed by atoms with Gasteiger partial charge in [0.1, 0.15) is 0 Å². The van der Waals surface area contributed by atoms with E-state index in [0.717, 1.165) is 18.9 Å². The number of carbonyl (C=O) groups is 1. The largest absolute Gasteiger partial charge is 0.394 e. The second-order valence-electron chi connectivity index (χ2n) is 5.46. The zero-order valence-electron chi connectivity index (χ0n) is 12.0. The van der Waals surface area contributed by atoms with Crippen LogP contribution in [-0.4, -0.2) is 44.0 Å². The Kier molecular flexibility index (Phi) is 8.58. The predicted octanol–water partition coefficient (Wildman–Crippen LogP) is 1.51. The minimum absolute atomic E-state index is 0.0493. The van der Waals surface area contributed by atoms with E-state index in [1.807, 2.05) is 0 Å². The molecule has 112 valence electrons. The molecule has 1 aliphatic rings. The van der Waals surface area contributed by atoms with Crippen LogP contribution in [0.15, 0.2) is 0 Å². The Morgan fingerprint density at radius 2 is 2.16 bits per heavy atom. The van der Waals surface area contributed by atoms with Gasteiger partial charge in [-0.1, -0.05) is 19.8 Å². The summed E-state index contributed by atoms with van der Waals surface area (Å²) in [5, 5.41) is 14.3. The van der Waals surface area contributed by atoms with Gasteiger partial charge in [-0.25, -0.2) is 4.79 Å². The van der Waals surface area contributed by atoms with Crippen LogP contribution in [0.5, 0.6) is 0 Å². The average molecular weight is 272 g/mol. The Morgan fingerprint density at radius 1 is 1.32 bits per heavy atom. The SMILES string of the molecule is CC1CCCC(CNC(=O)NCCCOCCO)C1. The summed E-state index contributed by atoms with van der Waals surface area (Å²) in [6.07, 6.45) is 5.86. The van der Waals surface area contributed by atoms with Crippen molar-refractivity contribution in [1.82, 2.24) is 10.6 Å². The van der Waals surface area contributed by atoms with E-state index in [4.69, 9.17) is 9.84 Å². The minimum atomic E-state index is -0.0830. The van der Waals surface area contributed by atoms with E-state index in [-0.39, 0.29) is 12.6 Å². The van der Waals surface area contributed by atoms with Crippen LogP contribution < -0.4 is 10.6 Å². The first-order valence-corrected chi connectivity index (χ1v) is 7.42. The van der Waals surface area contributed by atoms with Crippen LogP contribution in [0.4, 0.5) is 4.79 Å². The van der Waals surface area contributed by atoms with Crippen molar-refractivity contribution in [2.45, 2.75) is 39.0 Å². The molecule has 0 radical (unpaired) electrons. The number of hydrogen-bond donors (Lipinski definition) is 3. The normalized spacial score (nSPS) is 23.1. The Balaban J connectivity index is 1.95. The fraction of sp³-hybridized carbons (Fsp3) is 0.929. The van der Waals surface area contributed by atoms with Crippen LogP contribution in [-0.2, 0) is 4.74 Å². The molecule has 0 aromatic rings. The topological polar surface area (TPSA) is 70.6 Å². The molecule has 19 heavy (non-hydrogen) atoms. The monoisotopic (exact) mass is 272 g/mol. The first-order valence-electron chi connectivity index (χ1n) is 7.42. The molecule has 0 saturated heterocycles. The maximum Gasteiger partial charge on any atom is 0.314 e. The van der Waals surface area contributed by atoms with Crippen LogP contribution in [0.25, 0.3) is 0 Å². The number of carbonyl (C=O) groups excluding carboxylic acids is 1. The lowest BCUT2D eigenvalue weighted by Crippen LogP contribution is -2.39. The van der Waals surface area contributed by atoms with E-state index in [2.05, 4.69) is 17.6 Å². The number of aliphatic hydroxyl groups excluding tert-OH is 1. The summed E-state index contributed by atoms with van der Waals surface area (Å²) in [4.78, 5) is 11.6. The number of nitrogens with one attached hydrogen (secondary N) is 2. The molecule has 5 nitrogen and oxygen atoms in total. The van der Waals surface area contributed by atoms with E-state index >= 15 is 0 Å². The lowest BCUT2D eigenvalue weighted by atomic mass is 9.82. The zero-order chi connectivity index (χ0) is 13.9. The van der Waals surface area contributed by atoms with Gasteiger partial charge in [-0.3, -0.25) is 0 Å². The summed E-state index contributed by atoms with van der Waals surface area (Å²) in [5.41, 5.74) is 0. The molecule has 0 spiro atoms. The molecule has 0 aromatic carbocycles. The second kappa shape index (κ2) is 10.0. The number of amides is 2. The van der Waals surface area contributed by atoms with Gasteiger partial charge in [0.05, 0.1) is 13.2 Å². The maximum atomic E-state index is 11.6. The van der Waals surface area contributed by atoms with Crippen LogP contribution in [0.2, 0.25) is 0 Å². The Hall–Kier alpha value is -0.810. The molecule has 0 heterocycles. The number of rotatable bonds is 8.